The first-order valence-electron chi connectivity index (χ1n) is 4.68. The van der Waals surface area contributed by atoms with Gasteiger partial charge in [-0.3, -0.25) is 0 Å². The first-order valence-corrected chi connectivity index (χ1v) is 6.35. The van der Waals surface area contributed by atoms with Gasteiger partial charge in [-0.25, -0.2) is 0 Å². The second-order valence-corrected chi connectivity index (χ2v) is 6.75. The Hall–Kier alpha value is 0.140. The van der Waals surface area contributed by atoms with Gasteiger partial charge in [0.05, 0.1) is 5.60 Å². The number of hydrogen-bond acceptors (Lipinski definition) is 2. The minimum atomic E-state index is -0.666. The van der Waals surface area contributed by atoms with Crippen molar-refractivity contribution in [2.75, 3.05) is 0 Å². The molecule has 0 aliphatic heterocycles. The monoisotopic (exact) mass is 276 g/mol. The summed E-state index contributed by atoms with van der Waals surface area (Å²) in [4.78, 5) is 1.21. The van der Waals surface area contributed by atoms with Gasteiger partial charge in [0, 0.05) is 15.8 Å². The second kappa shape index (κ2) is 3.95. The molecule has 14 heavy (non-hydrogen) atoms. The van der Waals surface area contributed by atoms with Gasteiger partial charge in [-0.15, -0.1) is 11.3 Å². The third kappa shape index (κ3) is 2.59. The predicted octanol–water partition coefficient (Wildman–Crippen LogP) is 3.85. The highest BCUT2D eigenvalue weighted by Crippen LogP contribution is 2.36. The average Bonchev–Trinajstić information content (AvgIpc) is 2.33. The molecule has 0 aromatic carbocycles. The van der Waals surface area contributed by atoms with E-state index in [4.69, 9.17) is 0 Å². The van der Waals surface area contributed by atoms with Gasteiger partial charge in [0.25, 0.3) is 0 Å². The summed E-state index contributed by atoms with van der Waals surface area (Å²) in [5, 5.41) is 12.4. The topological polar surface area (TPSA) is 20.2 Å². The third-order valence-corrected chi connectivity index (χ3v) is 4.74. The van der Waals surface area contributed by atoms with Gasteiger partial charge < -0.3 is 5.11 Å². The van der Waals surface area contributed by atoms with Crippen molar-refractivity contribution in [3.05, 3.63) is 20.8 Å². The van der Waals surface area contributed by atoms with E-state index in [1.54, 1.807) is 11.3 Å². The molecule has 0 amide bonds. The van der Waals surface area contributed by atoms with Crippen LogP contribution in [0.15, 0.2) is 15.9 Å². The van der Waals surface area contributed by atoms with Gasteiger partial charge in [-0.2, -0.15) is 0 Å². The van der Waals surface area contributed by atoms with E-state index in [0.717, 1.165) is 4.47 Å². The summed E-state index contributed by atoms with van der Waals surface area (Å²) in [6, 6.07) is 2.03. The van der Waals surface area contributed by atoms with Gasteiger partial charge >= 0.3 is 0 Å². The Kier molecular flexibility index (Phi) is 3.45. The summed E-state index contributed by atoms with van der Waals surface area (Å²) in [7, 11) is 0. The van der Waals surface area contributed by atoms with E-state index < -0.39 is 5.60 Å². The maximum atomic E-state index is 10.3. The molecule has 0 aliphatic rings. The zero-order chi connectivity index (χ0) is 11.0. The normalized spacial score (nSPS) is 16.7. The molecule has 1 aromatic heterocycles. The van der Waals surface area contributed by atoms with Crippen molar-refractivity contribution in [2.45, 2.75) is 39.7 Å². The SMILES string of the molecule is CC(C)(C)C(C)(O)Cc1sccc1Br. The average molecular weight is 277 g/mol. The summed E-state index contributed by atoms with van der Waals surface area (Å²) < 4.78 is 1.10. The Labute approximate surface area is 98.3 Å². The zero-order valence-corrected chi connectivity index (χ0v) is 11.5. The lowest BCUT2D eigenvalue weighted by molar-refractivity contribution is -0.0400. The van der Waals surface area contributed by atoms with Crippen LogP contribution in [0.2, 0.25) is 0 Å². The zero-order valence-electron chi connectivity index (χ0n) is 9.10. The molecule has 0 saturated heterocycles. The molecular formula is C11H17BrOS. The number of thiophene rings is 1. The van der Waals surface area contributed by atoms with Crippen molar-refractivity contribution < 1.29 is 5.11 Å². The molecule has 1 unspecified atom stereocenters. The van der Waals surface area contributed by atoms with E-state index in [0.29, 0.717) is 6.42 Å². The summed E-state index contributed by atoms with van der Waals surface area (Å²) >= 11 is 5.17. The quantitative estimate of drug-likeness (QED) is 0.870. The van der Waals surface area contributed by atoms with Gasteiger partial charge in [0.2, 0.25) is 0 Å². The van der Waals surface area contributed by atoms with E-state index in [1.165, 1.54) is 4.88 Å². The molecule has 1 aromatic rings. The summed E-state index contributed by atoms with van der Waals surface area (Å²) in [6.07, 6.45) is 0.703. The van der Waals surface area contributed by atoms with Crippen molar-refractivity contribution in [1.82, 2.24) is 0 Å². The van der Waals surface area contributed by atoms with Gasteiger partial charge in [-0.05, 0) is 39.7 Å². The highest BCUT2D eigenvalue weighted by molar-refractivity contribution is 9.10. The fourth-order valence-corrected chi connectivity index (χ4v) is 2.67. The first-order chi connectivity index (χ1) is 6.24. The van der Waals surface area contributed by atoms with Crippen molar-refractivity contribution in [1.29, 1.82) is 0 Å². The maximum absolute atomic E-state index is 10.3. The third-order valence-electron chi connectivity index (χ3n) is 2.81. The fourth-order valence-electron chi connectivity index (χ4n) is 1.03. The van der Waals surface area contributed by atoms with Crippen molar-refractivity contribution in [3.8, 4) is 0 Å². The van der Waals surface area contributed by atoms with Crippen molar-refractivity contribution >= 4 is 27.3 Å². The molecule has 3 heteroatoms. The number of hydrogen-bond donors (Lipinski definition) is 1. The molecule has 0 saturated carbocycles. The highest BCUT2D eigenvalue weighted by Gasteiger charge is 2.35. The highest BCUT2D eigenvalue weighted by atomic mass is 79.9. The van der Waals surface area contributed by atoms with Crippen LogP contribution in [0.1, 0.15) is 32.6 Å². The predicted molar refractivity (Wildman–Crippen MR) is 65.8 cm³/mol. The molecule has 1 heterocycles. The molecule has 80 valence electrons. The van der Waals surface area contributed by atoms with E-state index in [-0.39, 0.29) is 5.41 Å². The molecule has 1 atom stereocenters. The molecule has 1 nitrogen and oxygen atoms in total. The molecule has 0 aliphatic carbocycles. The van der Waals surface area contributed by atoms with Crippen LogP contribution < -0.4 is 0 Å². The van der Waals surface area contributed by atoms with Gasteiger partial charge in [0.15, 0.2) is 0 Å². The van der Waals surface area contributed by atoms with Crippen LogP contribution in [0, 0.1) is 5.41 Å². The Balaban J connectivity index is 2.84. The van der Waals surface area contributed by atoms with Crippen LogP contribution in [0.4, 0.5) is 0 Å². The Morgan fingerprint density at radius 3 is 2.29 bits per heavy atom. The molecule has 0 spiro atoms. The Morgan fingerprint density at radius 2 is 1.93 bits per heavy atom. The lowest BCUT2D eigenvalue weighted by Gasteiger charge is -2.37. The Morgan fingerprint density at radius 1 is 1.36 bits per heavy atom. The van der Waals surface area contributed by atoms with E-state index in [2.05, 4.69) is 36.7 Å². The van der Waals surface area contributed by atoms with Crippen molar-refractivity contribution in [3.63, 3.8) is 0 Å². The fraction of sp³-hybridized carbons (Fsp3) is 0.636. The van der Waals surface area contributed by atoms with Crippen molar-refractivity contribution in [2.24, 2.45) is 5.41 Å². The smallest absolute Gasteiger partial charge is 0.0716 e. The van der Waals surface area contributed by atoms with Crippen LogP contribution in [0.25, 0.3) is 0 Å². The molecular weight excluding hydrogens is 260 g/mol. The first kappa shape index (κ1) is 12.2. The lowest BCUT2D eigenvalue weighted by Crippen LogP contribution is -2.41. The van der Waals surface area contributed by atoms with Crippen LogP contribution in [0.5, 0.6) is 0 Å². The summed E-state index contributed by atoms with van der Waals surface area (Å²) in [5.74, 6) is 0. The van der Waals surface area contributed by atoms with E-state index in [9.17, 15) is 5.11 Å². The van der Waals surface area contributed by atoms with Crippen LogP contribution >= 0.6 is 27.3 Å². The molecule has 0 bridgehead atoms. The minimum Gasteiger partial charge on any atom is -0.389 e. The summed E-state index contributed by atoms with van der Waals surface area (Å²) in [5.41, 5.74) is -0.767. The Bertz CT molecular complexity index is 309. The molecule has 1 N–H and O–H groups in total. The van der Waals surface area contributed by atoms with E-state index in [1.807, 2.05) is 18.4 Å². The van der Waals surface area contributed by atoms with Crippen LogP contribution in [-0.4, -0.2) is 10.7 Å². The number of aliphatic hydroxyl groups is 1. The maximum Gasteiger partial charge on any atom is 0.0716 e. The largest absolute Gasteiger partial charge is 0.389 e. The van der Waals surface area contributed by atoms with Gasteiger partial charge in [-0.1, -0.05) is 20.8 Å². The number of halogens is 1. The standard InChI is InChI=1S/C11H17BrOS/c1-10(2,3)11(4,13)7-9-8(12)5-6-14-9/h5-6,13H,7H2,1-4H3. The minimum absolute atomic E-state index is 0.101. The molecule has 0 fully saturated rings. The summed E-state index contributed by atoms with van der Waals surface area (Å²) in [6.45, 7) is 8.09. The second-order valence-electron chi connectivity index (χ2n) is 4.89. The van der Waals surface area contributed by atoms with E-state index >= 15 is 0 Å². The van der Waals surface area contributed by atoms with Gasteiger partial charge in [0.1, 0.15) is 0 Å². The molecule has 1 rings (SSSR count). The lowest BCUT2D eigenvalue weighted by atomic mass is 9.75. The molecule has 0 radical (unpaired) electrons. The number of rotatable bonds is 2. The van der Waals surface area contributed by atoms with Crippen LogP contribution in [-0.2, 0) is 6.42 Å². The van der Waals surface area contributed by atoms with Crippen LogP contribution in [0.3, 0.4) is 0 Å².